The van der Waals surface area contributed by atoms with Gasteiger partial charge in [-0.25, -0.2) is 4.98 Å². The van der Waals surface area contributed by atoms with E-state index < -0.39 is 0 Å². The Morgan fingerprint density at radius 2 is 1.69 bits per heavy atom. The van der Waals surface area contributed by atoms with E-state index in [1.165, 1.54) is 11.1 Å². The maximum absolute atomic E-state index is 9.66. The summed E-state index contributed by atoms with van der Waals surface area (Å²) < 4.78 is 0. The Labute approximate surface area is 208 Å². The molecule has 2 N–H and O–H groups in total. The second-order valence-corrected chi connectivity index (χ2v) is 8.39. The van der Waals surface area contributed by atoms with Gasteiger partial charge in [-0.15, -0.1) is 24.0 Å². The van der Waals surface area contributed by atoms with Crippen LogP contribution in [0.2, 0.25) is 0 Å². The van der Waals surface area contributed by atoms with Gasteiger partial charge in [0.2, 0.25) is 0 Å². The minimum Gasteiger partial charge on any atom is -0.393 e. The second kappa shape index (κ2) is 12.4. The molecule has 1 aromatic heterocycles. The third kappa shape index (κ3) is 6.79. The number of benzene rings is 1. The van der Waals surface area contributed by atoms with Gasteiger partial charge in [0, 0.05) is 65.6 Å². The van der Waals surface area contributed by atoms with E-state index >= 15 is 0 Å². The highest BCUT2D eigenvalue weighted by molar-refractivity contribution is 14.0. The van der Waals surface area contributed by atoms with Gasteiger partial charge in [-0.05, 0) is 36.1 Å². The lowest BCUT2D eigenvalue weighted by Gasteiger charge is -2.37. The Bertz CT molecular complexity index is 831. The summed E-state index contributed by atoms with van der Waals surface area (Å²) in [7, 11) is 1.85. The monoisotopic (exact) mass is 550 g/mol. The van der Waals surface area contributed by atoms with Crippen LogP contribution in [0.3, 0.4) is 0 Å². The van der Waals surface area contributed by atoms with Crippen LogP contribution in [0.5, 0.6) is 0 Å². The molecule has 0 aliphatic carbocycles. The summed E-state index contributed by atoms with van der Waals surface area (Å²) in [5.41, 5.74) is 2.58. The van der Waals surface area contributed by atoms with E-state index in [0.717, 1.165) is 77.0 Å². The summed E-state index contributed by atoms with van der Waals surface area (Å²) in [4.78, 5) is 16.0. The number of halogens is 1. The number of nitrogens with one attached hydrogen (secondary N) is 1. The number of aliphatic hydroxyl groups excluding tert-OH is 1. The van der Waals surface area contributed by atoms with Gasteiger partial charge in [-0.3, -0.25) is 9.89 Å². The number of guanidine groups is 1. The van der Waals surface area contributed by atoms with Crippen molar-refractivity contribution in [3.63, 3.8) is 0 Å². The number of hydrogen-bond donors (Lipinski definition) is 2. The number of piperazine rings is 1. The Morgan fingerprint density at radius 3 is 2.31 bits per heavy atom. The summed E-state index contributed by atoms with van der Waals surface area (Å²) >= 11 is 0. The van der Waals surface area contributed by atoms with Crippen LogP contribution >= 0.6 is 24.0 Å². The fourth-order valence-electron chi connectivity index (χ4n) is 4.30. The van der Waals surface area contributed by atoms with E-state index in [4.69, 9.17) is 0 Å². The van der Waals surface area contributed by atoms with E-state index in [9.17, 15) is 5.11 Å². The van der Waals surface area contributed by atoms with Crippen LogP contribution in [-0.4, -0.2) is 78.3 Å². The molecule has 4 rings (SSSR count). The molecule has 0 atom stereocenters. The first kappa shape index (κ1) is 24.7. The zero-order valence-electron chi connectivity index (χ0n) is 18.9. The zero-order chi connectivity index (χ0) is 21.5. The third-order valence-electron chi connectivity index (χ3n) is 6.20. The average Bonchev–Trinajstić information content (AvgIpc) is 2.83. The number of piperidine rings is 1. The Morgan fingerprint density at radius 1 is 1.00 bits per heavy atom. The molecule has 0 radical (unpaired) electrons. The number of nitrogens with zero attached hydrogens (tertiary/aromatic N) is 5. The van der Waals surface area contributed by atoms with Gasteiger partial charge in [0.15, 0.2) is 5.96 Å². The Balaban J connectivity index is 0.00000289. The minimum atomic E-state index is -0.114. The molecule has 2 saturated heterocycles. The Kier molecular flexibility index (Phi) is 9.55. The van der Waals surface area contributed by atoms with Crippen molar-refractivity contribution in [3.05, 3.63) is 59.8 Å². The fraction of sp³-hybridized carbons (Fsp3) is 0.500. The van der Waals surface area contributed by atoms with Crippen molar-refractivity contribution in [1.29, 1.82) is 0 Å². The van der Waals surface area contributed by atoms with Crippen LogP contribution in [0, 0.1) is 0 Å². The maximum Gasteiger partial charge on any atom is 0.194 e. The Hall–Kier alpha value is -1.91. The normalized spacial score (nSPS) is 18.4. The maximum atomic E-state index is 9.66. The largest absolute Gasteiger partial charge is 0.393 e. The molecule has 8 heteroatoms. The van der Waals surface area contributed by atoms with Gasteiger partial charge in [0.25, 0.3) is 0 Å². The molecule has 3 heterocycles. The quantitative estimate of drug-likeness (QED) is 0.339. The molecule has 2 aliphatic rings. The molecule has 2 aromatic rings. The van der Waals surface area contributed by atoms with Gasteiger partial charge >= 0.3 is 0 Å². The van der Waals surface area contributed by atoms with Crippen LogP contribution in [0.25, 0.3) is 0 Å². The van der Waals surface area contributed by atoms with Crippen molar-refractivity contribution in [2.24, 2.45) is 4.99 Å². The number of rotatable bonds is 5. The molecule has 0 saturated carbocycles. The number of aliphatic hydroxyl groups is 1. The SMILES string of the molecule is CN=C(NCc1ccc(CN2CCC(O)CC2)cc1)N1CCN(c2ccccn2)CC1.I. The molecular weight excluding hydrogens is 515 g/mol. The molecule has 1 aromatic carbocycles. The molecule has 2 aliphatic heterocycles. The highest BCUT2D eigenvalue weighted by Crippen LogP contribution is 2.15. The molecule has 0 bridgehead atoms. The molecule has 0 amide bonds. The van der Waals surface area contributed by atoms with E-state index in [2.05, 4.69) is 60.3 Å². The second-order valence-electron chi connectivity index (χ2n) is 8.39. The van der Waals surface area contributed by atoms with Gasteiger partial charge in [0.1, 0.15) is 5.82 Å². The molecule has 32 heavy (non-hydrogen) atoms. The fourth-order valence-corrected chi connectivity index (χ4v) is 4.30. The predicted octanol–water partition coefficient (Wildman–Crippen LogP) is 2.55. The van der Waals surface area contributed by atoms with E-state index in [-0.39, 0.29) is 30.1 Å². The number of likely N-dealkylation sites (tertiary alicyclic amines) is 1. The first-order valence-electron chi connectivity index (χ1n) is 11.3. The lowest BCUT2D eigenvalue weighted by molar-refractivity contribution is 0.0792. The molecule has 2 fully saturated rings. The van der Waals surface area contributed by atoms with Crippen molar-refractivity contribution in [3.8, 4) is 0 Å². The molecule has 7 nitrogen and oxygen atoms in total. The van der Waals surface area contributed by atoms with Crippen LogP contribution < -0.4 is 10.2 Å². The van der Waals surface area contributed by atoms with Crippen molar-refractivity contribution in [2.45, 2.75) is 32.0 Å². The minimum absolute atomic E-state index is 0. The van der Waals surface area contributed by atoms with E-state index in [1.807, 2.05) is 25.4 Å². The van der Waals surface area contributed by atoms with Gasteiger partial charge in [-0.2, -0.15) is 0 Å². The van der Waals surface area contributed by atoms with Crippen molar-refractivity contribution < 1.29 is 5.11 Å². The van der Waals surface area contributed by atoms with Crippen molar-refractivity contribution in [1.82, 2.24) is 20.1 Å². The lowest BCUT2D eigenvalue weighted by atomic mass is 10.1. The van der Waals surface area contributed by atoms with Crippen LogP contribution in [-0.2, 0) is 13.1 Å². The van der Waals surface area contributed by atoms with Crippen LogP contribution in [0.15, 0.2) is 53.7 Å². The summed E-state index contributed by atoms with van der Waals surface area (Å²) in [5.74, 6) is 2.00. The summed E-state index contributed by atoms with van der Waals surface area (Å²) in [6, 6.07) is 14.9. The number of hydrogen-bond acceptors (Lipinski definition) is 5. The zero-order valence-corrected chi connectivity index (χ0v) is 21.2. The topological polar surface area (TPSA) is 67.2 Å². The van der Waals surface area contributed by atoms with Crippen molar-refractivity contribution >= 4 is 35.8 Å². The lowest BCUT2D eigenvalue weighted by Crippen LogP contribution is -2.52. The molecule has 0 spiro atoms. The first-order valence-corrected chi connectivity index (χ1v) is 11.3. The first-order chi connectivity index (χ1) is 15.2. The number of aromatic nitrogens is 1. The van der Waals surface area contributed by atoms with E-state index in [1.54, 1.807) is 0 Å². The average molecular weight is 550 g/mol. The number of aliphatic imine (C=N–C) groups is 1. The van der Waals surface area contributed by atoms with Gasteiger partial charge in [0.05, 0.1) is 6.10 Å². The predicted molar refractivity (Wildman–Crippen MR) is 141 cm³/mol. The number of anilines is 1. The highest BCUT2D eigenvalue weighted by atomic mass is 127. The van der Waals surface area contributed by atoms with Gasteiger partial charge in [-0.1, -0.05) is 30.3 Å². The summed E-state index contributed by atoms with van der Waals surface area (Å²) in [6.07, 6.45) is 3.51. The summed E-state index contributed by atoms with van der Waals surface area (Å²) in [6.45, 7) is 7.44. The smallest absolute Gasteiger partial charge is 0.194 e. The molecule has 174 valence electrons. The third-order valence-corrected chi connectivity index (χ3v) is 6.20. The molecular formula is C24H35IN6O. The molecule has 0 unspecified atom stereocenters. The van der Waals surface area contributed by atoms with Crippen LogP contribution in [0.4, 0.5) is 5.82 Å². The van der Waals surface area contributed by atoms with Crippen molar-refractivity contribution in [2.75, 3.05) is 51.2 Å². The van der Waals surface area contributed by atoms with Crippen LogP contribution in [0.1, 0.15) is 24.0 Å². The standard InChI is InChI=1S/C24H34N6O.HI/c1-25-24(30-16-14-29(15-17-30)23-4-2-3-11-26-23)27-18-20-5-7-21(8-6-20)19-28-12-9-22(31)10-13-28;/h2-8,11,22,31H,9-10,12-19H2,1H3,(H,25,27);1H. The highest BCUT2D eigenvalue weighted by Gasteiger charge is 2.20. The summed E-state index contributed by atoms with van der Waals surface area (Å²) in [5, 5.41) is 13.2. The number of pyridine rings is 1. The van der Waals surface area contributed by atoms with Gasteiger partial charge < -0.3 is 20.2 Å². The van der Waals surface area contributed by atoms with E-state index in [0.29, 0.717) is 0 Å².